The number of benzene rings is 1. The second kappa shape index (κ2) is 7.35. The normalized spacial score (nSPS) is 13.8. The summed E-state index contributed by atoms with van der Waals surface area (Å²) in [5.41, 5.74) is 9.09. The average Bonchev–Trinajstić information content (AvgIpc) is 2.33. The van der Waals surface area contributed by atoms with Crippen LogP contribution in [-0.4, -0.2) is 11.5 Å². The van der Waals surface area contributed by atoms with E-state index in [0.717, 1.165) is 11.7 Å². The minimum absolute atomic E-state index is 0.159. The van der Waals surface area contributed by atoms with Gasteiger partial charge in [-0.1, -0.05) is 58.9 Å². The summed E-state index contributed by atoms with van der Waals surface area (Å²) in [6, 6.07) is 8.97. The van der Waals surface area contributed by atoms with Crippen molar-refractivity contribution >= 4 is 11.8 Å². The molecule has 0 heterocycles. The Morgan fingerprint density at radius 1 is 1.11 bits per heavy atom. The molecule has 0 fully saturated rings. The van der Waals surface area contributed by atoms with Gasteiger partial charge in [-0.05, 0) is 34.6 Å². The van der Waals surface area contributed by atoms with E-state index in [9.17, 15) is 0 Å². The smallest absolute Gasteiger partial charge is 0.0386 e. The molecule has 0 saturated carbocycles. The molecule has 0 aliphatic rings. The lowest BCUT2D eigenvalue weighted by molar-refractivity contribution is 0.589. The third-order valence-corrected chi connectivity index (χ3v) is 4.46. The molecule has 1 unspecified atom stereocenters. The Morgan fingerprint density at radius 3 is 2.16 bits per heavy atom. The number of thioether (sulfide) groups is 1. The standard InChI is InChI=1S/C17H29NS/c1-13(2)10-11-19-12-16(18)14-6-8-15(9-7-14)17(3,4)5/h6-9,13,16H,10-12,18H2,1-5H3. The first-order chi connectivity index (χ1) is 8.80. The molecule has 0 saturated heterocycles. The Morgan fingerprint density at radius 2 is 1.68 bits per heavy atom. The molecular weight excluding hydrogens is 250 g/mol. The number of rotatable bonds is 6. The van der Waals surface area contributed by atoms with E-state index in [1.165, 1.54) is 23.3 Å². The predicted molar refractivity (Wildman–Crippen MR) is 88.9 cm³/mol. The van der Waals surface area contributed by atoms with E-state index in [1.807, 2.05) is 11.8 Å². The molecule has 0 radical (unpaired) electrons. The molecule has 108 valence electrons. The van der Waals surface area contributed by atoms with Crippen molar-refractivity contribution in [2.24, 2.45) is 11.7 Å². The molecule has 2 heteroatoms. The van der Waals surface area contributed by atoms with Gasteiger partial charge in [0.1, 0.15) is 0 Å². The molecule has 19 heavy (non-hydrogen) atoms. The highest BCUT2D eigenvalue weighted by atomic mass is 32.2. The van der Waals surface area contributed by atoms with E-state index in [4.69, 9.17) is 5.73 Å². The maximum absolute atomic E-state index is 6.25. The van der Waals surface area contributed by atoms with Gasteiger partial charge >= 0.3 is 0 Å². The highest BCUT2D eigenvalue weighted by Gasteiger charge is 2.14. The molecule has 1 nitrogen and oxygen atoms in total. The monoisotopic (exact) mass is 279 g/mol. The highest BCUT2D eigenvalue weighted by molar-refractivity contribution is 7.99. The number of nitrogens with two attached hydrogens (primary N) is 1. The van der Waals surface area contributed by atoms with E-state index in [2.05, 4.69) is 58.9 Å². The summed E-state index contributed by atoms with van der Waals surface area (Å²) in [5, 5.41) is 0. The average molecular weight is 279 g/mol. The Hall–Kier alpha value is -0.470. The largest absolute Gasteiger partial charge is 0.323 e. The lowest BCUT2D eigenvalue weighted by atomic mass is 9.86. The van der Waals surface area contributed by atoms with Crippen LogP contribution in [-0.2, 0) is 5.41 Å². The summed E-state index contributed by atoms with van der Waals surface area (Å²) in [6.45, 7) is 11.3. The van der Waals surface area contributed by atoms with Gasteiger partial charge in [-0.25, -0.2) is 0 Å². The fraction of sp³-hybridized carbons (Fsp3) is 0.647. The van der Waals surface area contributed by atoms with Crippen molar-refractivity contribution < 1.29 is 0 Å². The zero-order valence-corrected chi connectivity index (χ0v) is 13.9. The van der Waals surface area contributed by atoms with Crippen LogP contribution in [0.2, 0.25) is 0 Å². The molecule has 2 N–H and O–H groups in total. The minimum Gasteiger partial charge on any atom is -0.323 e. The molecule has 1 atom stereocenters. The fourth-order valence-electron chi connectivity index (χ4n) is 1.86. The van der Waals surface area contributed by atoms with Gasteiger partial charge < -0.3 is 5.73 Å². The fourth-order valence-corrected chi connectivity index (χ4v) is 3.11. The number of hydrogen-bond acceptors (Lipinski definition) is 2. The SMILES string of the molecule is CC(C)CCSCC(N)c1ccc(C(C)(C)C)cc1. The van der Waals surface area contributed by atoms with E-state index >= 15 is 0 Å². The van der Waals surface area contributed by atoms with Gasteiger partial charge in [0.25, 0.3) is 0 Å². The third kappa shape index (κ3) is 6.01. The lowest BCUT2D eigenvalue weighted by Crippen LogP contribution is -2.15. The van der Waals surface area contributed by atoms with Crippen molar-refractivity contribution in [2.45, 2.75) is 52.5 Å². The zero-order chi connectivity index (χ0) is 14.5. The van der Waals surface area contributed by atoms with Gasteiger partial charge in [0.15, 0.2) is 0 Å². The molecule has 0 aliphatic carbocycles. The summed E-state index contributed by atoms with van der Waals surface area (Å²) in [7, 11) is 0. The van der Waals surface area contributed by atoms with Crippen molar-refractivity contribution in [2.75, 3.05) is 11.5 Å². The molecular formula is C17H29NS. The lowest BCUT2D eigenvalue weighted by Gasteiger charge is -2.20. The van der Waals surface area contributed by atoms with Gasteiger partial charge in [-0.3, -0.25) is 0 Å². The molecule has 0 aromatic heterocycles. The Bertz CT molecular complexity index is 362. The second-order valence-corrected chi connectivity index (χ2v) is 7.89. The van der Waals surface area contributed by atoms with Gasteiger partial charge in [0, 0.05) is 11.8 Å². The number of hydrogen-bond donors (Lipinski definition) is 1. The Labute approximate surface area is 123 Å². The van der Waals surface area contributed by atoms with Crippen LogP contribution in [0.1, 0.15) is 58.2 Å². The Balaban J connectivity index is 2.47. The van der Waals surface area contributed by atoms with Crippen LogP contribution in [0.3, 0.4) is 0 Å². The first kappa shape index (κ1) is 16.6. The quantitative estimate of drug-likeness (QED) is 0.760. The van der Waals surface area contributed by atoms with Gasteiger partial charge in [0.2, 0.25) is 0 Å². The minimum atomic E-state index is 0.159. The van der Waals surface area contributed by atoms with Gasteiger partial charge in [0.05, 0.1) is 0 Å². The summed E-state index contributed by atoms with van der Waals surface area (Å²) in [5.74, 6) is 3.02. The second-order valence-electron chi connectivity index (χ2n) is 6.74. The molecule has 0 aliphatic heterocycles. The highest BCUT2D eigenvalue weighted by Crippen LogP contribution is 2.24. The molecule has 1 rings (SSSR count). The van der Waals surface area contributed by atoms with Crippen LogP contribution in [0.25, 0.3) is 0 Å². The zero-order valence-electron chi connectivity index (χ0n) is 13.1. The maximum Gasteiger partial charge on any atom is 0.0386 e. The van der Waals surface area contributed by atoms with Crippen LogP contribution in [0.5, 0.6) is 0 Å². The first-order valence-electron chi connectivity index (χ1n) is 7.24. The van der Waals surface area contributed by atoms with Crippen LogP contribution in [0.4, 0.5) is 0 Å². The van der Waals surface area contributed by atoms with Crippen molar-refractivity contribution in [3.05, 3.63) is 35.4 Å². The van der Waals surface area contributed by atoms with Crippen molar-refractivity contribution in [3.63, 3.8) is 0 Å². The van der Waals surface area contributed by atoms with Crippen LogP contribution in [0, 0.1) is 5.92 Å². The van der Waals surface area contributed by atoms with Crippen LogP contribution in [0.15, 0.2) is 24.3 Å². The van der Waals surface area contributed by atoms with E-state index < -0.39 is 0 Å². The first-order valence-corrected chi connectivity index (χ1v) is 8.40. The van der Waals surface area contributed by atoms with E-state index in [1.54, 1.807) is 0 Å². The summed E-state index contributed by atoms with van der Waals surface area (Å²) in [4.78, 5) is 0. The maximum atomic E-state index is 6.25. The molecule has 0 spiro atoms. The van der Waals surface area contributed by atoms with Crippen molar-refractivity contribution in [1.29, 1.82) is 0 Å². The molecule has 0 bridgehead atoms. The topological polar surface area (TPSA) is 26.0 Å². The van der Waals surface area contributed by atoms with Gasteiger partial charge in [-0.2, -0.15) is 11.8 Å². The van der Waals surface area contributed by atoms with E-state index in [-0.39, 0.29) is 11.5 Å². The van der Waals surface area contributed by atoms with Gasteiger partial charge in [-0.15, -0.1) is 0 Å². The van der Waals surface area contributed by atoms with Crippen LogP contribution < -0.4 is 5.73 Å². The third-order valence-electron chi connectivity index (χ3n) is 3.34. The van der Waals surface area contributed by atoms with Crippen molar-refractivity contribution in [1.82, 2.24) is 0 Å². The molecule has 0 amide bonds. The molecule has 1 aromatic rings. The summed E-state index contributed by atoms with van der Waals surface area (Å²) >= 11 is 1.97. The van der Waals surface area contributed by atoms with E-state index in [0.29, 0.717) is 0 Å². The molecule has 1 aromatic carbocycles. The predicted octanol–water partition coefficient (Wildman–Crippen LogP) is 4.76. The Kier molecular flexibility index (Phi) is 6.41. The summed E-state index contributed by atoms with van der Waals surface area (Å²) in [6.07, 6.45) is 1.28. The summed E-state index contributed by atoms with van der Waals surface area (Å²) < 4.78 is 0. The van der Waals surface area contributed by atoms with Crippen LogP contribution >= 0.6 is 11.8 Å². The van der Waals surface area contributed by atoms with Crippen molar-refractivity contribution in [3.8, 4) is 0 Å².